The third-order valence-corrected chi connectivity index (χ3v) is 11.4. The molecular formula is C47H35NS. The Labute approximate surface area is 291 Å². The van der Waals surface area contributed by atoms with Crippen molar-refractivity contribution in [2.45, 2.75) is 19.3 Å². The van der Waals surface area contributed by atoms with Crippen molar-refractivity contribution >= 4 is 70.1 Å². The third-order valence-electron chi connectivity index (χ3n) is 10.2. The van der Waals surface area contributed by atoms with Crippen LogP contribution in [0.1, 0.15) is 25.0 Å². The molecule has 0 atom stereocenters. The van der Waals surface area contributed by atoms with E-state index in [0.29, 0.717) is 0 Å². The number of thiophene rings is 1. The molecule has 0 bridgehead atoms. The van der Waals surface area contributed by atoms with E-state index in [9.17, 15) is 0 Å². The highest BCUT2D eigenvalue weighted by molar-refractivity contribution is 7.26. The van der Waals surface area contributed by atoms with Crippen LogP contribution in [0, 0.1) is 0 Å². The molecule has 1 heterocycles. The molecule has 0 N–H and O–H groups in total. The van der Waals surface area contributed by atoms with Crippen LogP contribution < -0.4 is 4.90 Å². The molecule has 0 radical (unpaired) electrons. The highest BCUT2D eigenvalue weighted by atomic mass is 32.1. The standard InChI is InChI=1S/C47H35NS/c1-47(2,36-13-7-4-8-14-36)37-23-28-39(29-24-37)48(38-25-19-33(20-26-38)32-11-5-3-6-12-32)40-27-21-34-17-18-35-22-30-42-41-15-9-10-16-44(41)49-46(42)45(35)43(34)31-40/h3-31H,1-2H3. The van der Waals surface area contributed by atoms with E-state index in [1.165, 1.54) is 64.0 Å². The largest absolute Gasteiger partial charge is 0.310 e. The maximum Gasteiger partial charge on any atom is 0.0468 e. The SMILES string of the molecule is CC(C)(c1ccccc1)c1ccc(N(c2ccc(-c3ccccc3)cc2)c2ccc3ccc4ccc5c6ccccc6sc5c4c3c2)cc1. The van der Waals surface area contributed by atoms with Gasteiger partial charge in [0, 0.05) is 48.0 Å². The van der Waals surface area contributed by atoms with Crippen LogP contribution in [0.4, 0.5) is 17.1 Å². The normalized spacial score (nSPS) is 11.9. The number of fused-ring (bicyclic) bond motifs is 7. The molecular weight excluding hydrogens is 611 g/mol. The lowest BCUT2D eigenvalue weighted by Crippen LogP contribution is -2.19. The lowest BCUT2D eigenvalue weighted by molar-refractivity contribution is 0.641. The predicted molar refractivity (Wildman–Crippen MR) is 213 cm³/mol. The van der Waals surface area contributed by atoms with Gasteiger partial charge in [-0.3, -0.25) is 0 Å². The Morgan fingerprint density at radius 3 is 1.73 bits per heavy atom. The summed E-state index contributed by atoms with van der Waals surface area (Å²) in [6.45, 7) is 4.61. The molecule has 0 saturated carbocycles. The quantitative estimate of drug-likeness (QED) is 0.163. The summed E-state index contributed by atoms with van der Waals surface area (Å²) in [7, 11) is 0. The fourth-order valence-corrected chi connectivity index (χ4v) is 8.65. The zero-order chi connectivity index (χ0) is 33.0. The molecule has 2 heteroatoms. The summed E-state index contributed by atoms with van der Waals surface area (Å²) in [5.41, 5.74) is 8.31. The van der Waals surface area contributed by atoms with Gasteiger partial charge in [0.05, 0.1) is 0 Å². The Kier molecular flexibility index (Phi) is 7.07. The molecule has 0 fully saturated rings. The van der Waals surface area contributed by atoms with Crippen molar-refractivity contribution in [3.63, 3.8) is 0 Å². The lowest BCUT2D eigenvalue weighted by atomic mass is 9.78. The van der Waals surface area contributed by atoms with Gasteiger partial charge in [-0.2, -0.15) is 0 Å². The van der Waals surface area contributed by atoms with Crippen LogP contribution in [-0.4, -0.2) is 0 Å². The Balaban J connectivity index is 1.22. The van der Waals surface area contributed by atoms with Gasteiger partial charge < -0.3 is 4.90 Å². The van der Waals surface area contributed by atoms with E-state index in [4.69, 9.17) is 0 Å². The molecule has 49 heavy (non-hydrogen) atoms. The van der Waals surface area contributed by atoms with Crippen molar-refractivity contribution in [3.8, 4) is 11.1 Å². The topological polar surface area (TPSA) is 3.24 Å². The highest BCUT2D eigenvalue weighted by Crippen LogP contribution is 2.44. The van der Waals surface area contributed by atoms with E-state index in [1.54, 1.807) is 0 Å². The Morgan fingerprint density at radius 2 is 0.980 bits per heavy atom. The molecule has 0 saturated heterocycles. The monoisotopic (exact) mass is 645 g/mol. The maximum absolute atomic E-state index is 2.40. The summed E-state index contributed by atoms with van der Waals surface area (Å²) in [6.07, 6.45) is 0. The lowest BCUT2D eigenvalue weighted by Gasteiger charge is -2.29. The second-order valence-corrected chi connectivity index (χ2v) is 14.4. The van der Waals surface area contributed by atoms with Gasteiger partial charge in [0.2, 0.25) is 0 Å². The first-order valence-electron chi connectivity index (χ1n) is 16.9. The fraction of sp³-hybridized carbons (Fsp3) is 0.0638. The van der Waals surface area contributed by atoms with Gasteiger partial charge in [0.15, 0.2) is 0 Å². The van der Waals surface area contributed by atoms with Gasteiger partial charge in [-0.1, -0.05) is 147 Å². The molecule has 1 aromatic heterocycles. The van der Waals surface area contributed by atoms with Crippen LogP contribution in [0.15, 0.2) is 176 Å². The molecule has 234 valence electrons. The number of benzene rings is 8. The van der Waals surface area contributed by atoms with Gasteiger partial charge in [-0.05, 0) is 80.9 Å². The molecule has 0 aliphatic heterocycles. The van der Waals surface area contributed by atoms with E-state index >= 15 is 0 Å². The van der Waals surface area contributed by atoms with Crippen LogP contribution in [0.2, 0.25) is 0 Å². The zero-order valence-electron chi connectivity index (χ0n) is 27.6. The summed E-state index contributed by atoms with van der Waals surface area (Å²) in [5, 5.41) is 7.79. The number of anilines is 3. The molecule has 0 spiro atoms. The summed E-state index contributed by atoms with van der Waals surface area (Å²) < 4.78 is 2.68. The molecule has 0 amide bonds. The second-order valence-electron chi connectivity index (χ2n) is 13.4. The molecule has 0 unspecified atom stereocenters. The second kappa shape index (κ2) is 11.8. The number of nitrogens with zero attached hydrogens (tertiary/aromatic N) is 1. The van der Waals surface area contributed by atoms with Crippen molar-refractivity contribution < 1.29 is 0 Å². The van der Waals surface area contributed by atoms with Crippen molar-refractivity contribution in [2.24, 2.45) is 0 Å². The average Bonchev–Trinajstić information content (AvgIpc) is 3.55. The highest BCUT2D eigenvalue weighted by Gasteiger charge is 2.24. The van der Waals surface area contributed by atoms with Crippen molar-refractivity contribution in [3.05, 3.63) is 187 Å². The van der Waals surface area contributed by atoms with Gasteiger partial charge >= 0.3 is 0 Å². The Morgan fingerprint density at radius 1 is 0.429 bits per heavy atom. The van der Waals surface area contributed by atoms with Crippen LogP contribution in [0.5, 0.6) is 0 Å². The minimum absolute atomic E-state index is 0.112. The van der Waals surface area contributed by atoms with Gasteiger partial charge in [0.1, 0.15) is 0 Å². The van der Waals surface area contributed by atoms with Gasteiger partial charge in [-0.15, -0.1) is 11.3 Å². The Hall–Kier alpha value is -5.70. The minimum atomic E-state index is -0.112. The number of rotatable bonds is 6. The van der Waals surface area contributed by atoms with E-state index in [2.05, 4.69) is 195 Å². The zero-order valence-corrected chi connectivity index (χ0v) is 28.4. The van der Waals surface area contributed by atoms with E-state index in [1.807, 2.05) is 11.3 Å². The summed E-state index contributed by atoms with van der Waals surface area (Å²) in [4.78, 5) is 2.40. The van der Waals surface area contributed by atoms with E-state index in [-0.39, 0.29) is 5.41 Å². The number of hydrogen-bond acceptors (Lipinski definition) is 2. The van der Waals surface area contributed by atoms with Crippen LogP contribution in [0.25, 0.3) is 52.8 Å². The van der Waals surface area contributed by atoms with Crippen LogP contribution in [0.3, 0.4) is 0 Å². The summed E-state index contributed by atoms with van der Waals surface area (Å²) in [6, 6.07) is 64.4. The predicted octanol–water partition coefficient (Wildman–Crippen LogP) is 13.8. The minimum Gasteiger partial charge on any atom is -0.310 e. The first-order valence-corrected chi connectivity index (χ1v) is 17.7. The maximum atomic E-state index is 2.40. The molecule has 9 aromatic rings. The summed E-state index contributed by atoms with van der Waals surface area (Å²) in [5.74, 6) is 0. The average molecular weight is 646 g/mol. The third kappa shape index (κ3) is 5.08. The van der Waals surface area contributed by atoms with Crippen molar-refractivity contribution in [2.75, 3.05) is 4.90 Å². The smallest absolute Gasteiger partial charge is 0.0468 e. The van der Waals surface area contributed by atoms with Gasteiger partial charge in [0.25, 0.3) is 0 Å². The van der Waals surface area contributed by atoms with Gasteiger partial charge in [-0.25, -0.2) is 0 Å². The van der Waals surface area contributed by atoms with E-state index < -0.39 is 0 Å². The van der Waals surface area contributed by atoms with E-state index in [0.717, 1.165) is 17.1 Å². The van der Waals surface area contributed by atoms with Crippen LogP contribution >= 0.6 is 11.3 Å². The first kappa shape index (κ1) is 29.4. The van der Waals surface area contributed by atoms with Crippen molar-refractivity contribution in [1.82, 2.24) is 0 Å². The molecule has 9 rings (SSSR count). The summed E-state index contributed by atoms with van der Waals surface area (Å²) >= 11 is 1.90. The Bertz CT molecular complexity index is 2600. The fourth-order valence-electron chi connectivity index (χ4n) is 7.37. The van der Waals surface area contributed by atoms with Crippen LogP contribution in [-0.2, 0) is 5.41 Å². The molecule has 0 aliphatic carbocycles. The first-order chi connectivity index (χ1) is 24.0. The molecule has 8 aromatic carbocycles. The number of hydrogen-bond donors (Lipinski definition) is 0. The molecule has 0 aliphatic rings. The molecule has 1 nitrogen and oxygen atoms in total. The van der Waals surface area contributed by atoms with Crippen molar-refractivity contribution in [1.29, 1.82) is 0 Å².